The molecule has 2 saturated heterocycles. The zero-order valence-corrected chi connectivity index (χ0v) is 17.9. The van der Waals surface area contributed by atoms with Gasteiger partial charge in [0.25, 0.3) is 0 Å². The number of para-hydroxylation sites is 1. The van der Waals surface area contributed by atoms with E-state index < -0.39 is 0 Å². The maximum Gasteiger partial charge on any atom is 0.227 e. The number of carbonyl (C=O) groups is 1. The third kappa shape index (κ3) is 3.74. The van der Waals surface area contributed by atoms with Crippen molar-refractivity contribution in [1.29, 1.82) is 0 Å². The number of aryl methyl sites for hydroxylation is 1. The molecule has 3 aromatic rings. The van der Waals surface area contributed by atoms with E-state index in [0.717, 1.165) is 50.2 Å². The normalized spacial score (nSPS) is 22.7. The van der Waals surface area contributed by atoms with Crippen LogP contribution in [-0.4, -0.2) is 46.4 Å². The molecule has 2 aliphatic heterocycles. The van der Waals surface area contributed by atoms with Gasteiger partial charge in [-0.05, 0) is 66.1 Å². The van der Waals surface area contributed by atoms with Gasteiger partial charge >= 0.3 is 0 Å². The lowest BCUT2D eigenvalue weighted by atomic mass is 9.83. The van der Waals surface area contributed by atoms with Crippen LogP contribution in [0.5, 0.6) is 0 Å². The molecule has 4 heterocycles. The molecule has 4 nitrogen and oxygen atoms in total. The van der Waals surface area contributed by atoms with Crippen molar-refractivity contribution in [2.45, 2.75) is 45.2 Å². The van der Waals surface area contributed by atoms with Crippen LogP contribution in [0.3, 0.4) is 0 Å². The average molecular weight is 408 g/mol. The fraction of sp³-hybridized carbons (Fsp3) is 0.458. The number of aromatic amines is 1. The topological polar surface area (TPSA) is 39.3 Å². The highest BCUT2D eigenvalue weighted by Crippen LogP contribution is 2.32. The molecule has 152 valence electrons. The molecule has 1 N–H and O–H groups in total. The number of benzene rings is 1. The molecule has 0 unspecified atom stereocenters. The first-order valence-electron chi connectivity index (χ1n) is 10.8. The van der Waals surface area contributed by atoms with Gasteiger partial charge in [0, 0.05) is 48.8 Å². The summed E-state index contributed by atoms with van der Waals surface area (Å²) in [4.78, 5) is 21.6. The minimum atomic E-state index is 0.304. The highest BCUT2D eigenvalue weighted by molar-refractivity contribution is 7.07. The maximum atomic E-state index is 13.4. The summed E-state index contributed by atoms with van der Waals surface area (Å²) in [6.07, 6.45) is 4.00. The summed E-state index contributed by atoms with van der Waals surface area (Å²) in [6, 6.07) is 11.0. The number of nitrogens with one attached hydrogen (secondary N) is 1. The monoisotopic (exact) mass is 407 g/mol. The molecule has 29 heavy (non-hydrogen) atoms. The van der Waals surface area contributed by atoms with Gasteiger partial charge in [-0.2, -0.15) is 11.3 Å². The van der Waals surface area contributed by atoms with E-state index in [0.29, 0.717) is 24.3 Å². The summed E-state index contributed by atoms with van der Waals surface area (Å²) in [6.45, 7) is 6.27. The number of H-pyrrole nitrogens is 1. The van der Waals surface area contributed by atoms with E-state index in [1.807, 2.05) is 6.07 Å². The van der Waals surface area contributed by atoms with Crippen LogP contribution in [0.25, 0.3) is 10.9 Å². The largest absolute Gasteiger partial charge is 0.358 e. The fourth-order valence-electron chi connectivity index (χ4n) is 5.39. The second-order valence-corrected chi connectivity index (χ2v) is 9.44. The number of hydrogen-bond donors (Lipinski definition) is 1. The van der Waals surface area contributed by atoms with Crippen LogP contribution >= 0.6 is 11.3 Å². The molecular weight excluding hydrogens is 378 g/mol. The summed E-state index contributed by atoms with van der Waals surface area (Å²) >= 11 is 1.78. The number of thiophene rings is 1. The van der Waals surface area contributed by atoms with Crippen molar-refractivity contribution >= 4 is 28.1 Å². The number of fused-ring (bicyclic) bond motifs is 2. The minimum absolute atomic E-state index is 0.304. The molecule has 0 saturated carbocycles. The lowest BCUT2D eigenvalue weighted by Crippen LogP contribution is -2.55. The van der Waals surface area contributed by atoms with Gasteiger partial charge in [0.1, 0.15) is 0 Å². The Bertz CT molecular complexity index is 993. The van der Waals surface area contributed by atoms with E-state index in [2.05, 4.69) is 56.7 Å². The van der Waals surface area contributed by atoms with Crippen LogP contribution in [0.2, 0.25) is 0 Å². The number of amides is 1. The van der Waals surface area contributed by atoms with Gasteiger partial charge in [-0.25, -0.2) is 0 Å². The molecule has 2 aliphatic rings. The first kappa shape index (κ1) is 18.9. The highest BCUT2D eigenvalue weighted by Gasteiger charge is 2.38. The van der Waals surface area contributed by atoms with Crippen LogP contribution in [0.1, 0.15) is 36.1 Å². The second kappa shape index (κ2) is 7.96. The van der Waals surface area contributed by atoms with Gasteiger partial charge in [0.05, 0.1) is 6.42 Å². The number of likely N-dealkylation sites (tertiary alicyclic amines) is 2. The van der Waals surface area contributed by atoms with Crippen molar-refractivity contribution in [2.24, 2.45) is 5.92 Å². The molecule has 2 fully saturated rings. The molecule has 1 amide bonds. The van der Waals surface area contributed by atoms with Crippen molar-refractivity contribution in [3.63, 3.8) is 0 Å². The lowest BCUT2D eigenvalue weighted by Gasteiger charge is -2.47. The minimum Gasteiger partial charge on any atom is -0.358 e. The van der Waals surface area contributed by atoms with Gasteiger partial charge in [-0.15, -0.1) is 0 Å². The van der Waals surface area contributed by atoms with Crippen LogP contribution in [0, 0.1) is 12.8 Å². The summed E-state index contributed by atoms with van der Waals surface area (Å²) < 4.78 is 0. The molecule has 1 aromatic carbocycles. The predicted molar refractivity (Wildman–Crippen MR) is 119 cm³/mol. The maximum absolute atomic E-state index is 13.4. The summed E-state index contributed by atoms with van der Waals surface area (Å²) in [5, 5.41) is 5.61. The molecule has 5 heteroatoms. The number of carbonyl (C=O) groups excluding carboxylic acids is 1. The first-order chi connectivity index (χ1) is 14.2. The standard InChI is InChI=1S/C24H29N3OS/c1-17-21(20-6-2-3-7-22(20)25-17)13-24(28)27-10-4-5-19-15-26(11-8-23(19)27)14-18-9-12-29-16-18/h2-3,6-7,9,12,16,19,23,25H,4-5,8,10-11,13-15H2,1H3/t19-,23-/m1/s1. The SMILES string of the molecule is Cc1[nH]c2ccccc2c1CC(=O)N1CCC[C@@H]2CN(Cc3ccsc3)CC[C@H]21. The Morgan fingerprint density at radius 2 is 2.10 bits per heavy atom. The Kier molecular flexibility index (Phi) is 5.18. The Hall–Kier alpha value is -2.11. The predicted octanol–water partition coefficient (Wildman–Crippen LogP) is 4.59. The van der Waals surface area contributed by atoms with E-state index in [1.165, 1.54) is 22.9 Å². The van der Waals surface area contributed by atoms with E-state index in [-0.39, 0.29) is 0 Å². The van der Waals surface area contributed by atoms with Gasteiger partial charge in [-0.1, -0.05) is 18.2 Å². The van der Waals surface area contributed by atoms with Gasteiger partial charge < -0.3 is 9.88 Å². The van der Waals surface area contributed by atoms with Gasteiger partial charge in [0.15, 0.2) is 0 Å². The van der Waals surface area contributed by atoms with Crippen molar-refractivity contribution in [2.75, 3.05) is 19.6 Å². The molecule has 5 rings (SSSR count). The molecule has 0 radical (unpaired) electrons. The third-order valence-electron chi connectivity index (χ3n) is 6.81. The van der Waals surface area contributed by atoms with E-state index in [9.17, 15) is 4.79 Å². The highest BCUT2D eigenvalue weighted by atomic mass is 32.1. The fourth-order valence-corrected chi connectivity index (χ4v) is 6.05. The quantitative estimate of drug-likeness (QED) is 0.687. The number of aromatic nitrogens is 1. The first-order valence-corrected chi connectivity index (χ1v) is 11.7. The molecule has 2 atom stereocenters. The van der Waals surface area contributed by atoms with E-state index in [4.69, 9.17) is 0 Å². The molecule has 0 aliphatic carbocycles. The Balaban J connectivity index is 1.28. The van der Waals surface area contributed by atoms with Crippen molar-refractivity contribution < 1.29 is 4.79 Å². The van der Waals surface area contributed by atoms with Crippen molar-refractivity contribution in [3.05, 3.63) is 57.9 Å². The zero-order valence-electron chi connectivity index (χ0n) is 17.1. The Labute approximate surface area is 176 Å². The third-order valence-corrected chi connectivity index (χ3v) is 7.55. The second-order valence-electron chi connectivity index (χ2n) is 8.66. The Morgan fingerprint density at radius 3 is 2.97 bits per heavy atom. The zero-order chi connectivity index (χ0) is 19.8. The number of hydrogen-bond acceptors (Lipinski definition) is 3. The van der Waals surface area contributed by atoms with Crippen LogP contribution in [0.4, 0.5) is 0 Å². The lowest BCUT2D eigenvalue weighted by molar-refractivity contribution is -0.137. The number of piperidine rings is 2. The van der Waals surface area contributed by atoms with Gasteiger partial charge in [0.2, 0.25) is 5.91 Å². The van der Waals surface area contributed by atoms with E-state index >= 15 is 0 Å². The Morgan fingerprint density at radius 1 is 1.21 bits per heavy atom. The number of rotatable bonds is 4. The molecule has 0 spiro atoms. The number of nitrogens with zero attached hydrogens (tertiary/aromatic N) is 2. The van der Waals surface area contributed by atoms with Gasteiger partial charge in [-0.3, -0.25) is 9.69 Å². The van der Waals surface area contributed by atoms with Crippen LogP contribution in [-0.2, 0) is 17.8 Å². The van der Waals surface area contributed by atoms with Crippen molar-refractivity contribution in [3.8, 4) is 0 Å². The summed E-state index contributed by atoms with van der Waals surface area (Å²) in [7, 11) is 0. The van der Waals surface area contributed by atoms with E-state index in [1.54, 1.807) is 11.3 Å². The molecule has 0 bridgehead atoms. The summed E-state index contributed by atoms with van der Waals surface area (Å²) in [5.41, 5.74) is 4.85. The molecular formula is C24H29N3OS. The van der Waals surface area contributed by atoms with Crippen LogP contribution in [0.15, 0.2) is 41.1 Å². The average Bonchev–Trinajstić information content (AvgIpc) is 3.35. The van der Waals surface area contributed by atoms with Crippen LogP contribution < -0.4 is 0 Å². The summed E-state index contributed by atoms with van der Waals surface area (Å²) in [5.74, 6) is 0.919. The van der Waals surface area contributed by atoms with Crippen molar-refractivity contribution in [1.82, 2.24) is 14.8 Å². The molecule has 2 aromatic heterocycles. The smallest absolute Gasteiger partial charge is 0.227 e.